The van der Waals surface area contributed by atoms with Crippen molar-refractivity contribution in [1.82, 2.24) is 9.78 Å². The van der Waals surface area contributed by atoms with Crippen molar-refractivity contribution in [3.63, 3.8) is 0 Å². The molecule has 1 heterocycles. The maximum atomic E-state index is 11.6. The Bertz CT molecular complexity index is 315. The molecule has 0 amide bonds. The second-order valence-corrected chi connectivity index (χ2v) is 3.41. The Morgan fingerprint density at radius 3 is 2.77 bits per heavy atom. The van der Waals surface area contributed by atoms with Crippen LogP contribution < -0.4 is 5.73 Å². The molecule has 2 N–H and O–H groups in total. The van der Waals surface area contributed by atoms with E-state index in [1.54, 1.807) is 17.9 Å². The molecule has 0 bridgehead atoms. The molecule has 1 aromatic rings. The second kappa shape index (κ2) is 3.70. The van der Waals surface area contributed by atoms with Gasteiger partial charge in [-0.15, -0.1) is 0 Å². The molecular weight excluding hydrogens is 166 g/mol. The Kier molecular flexibility index (Phi) is 2.83. The molecule has 0 fully saturated rings. The molecule has 0 aliphatic heterocycles. The minimum atomic E-state index is -0.0906. The van der Waals surface area contributed by atoms with Gasteiger partial charge in [0.2, 0.25) is 0 Å². The highest BCUT2D eigenvalue weighted by molar-refractivity contribution is 5.97. The van der Waals surface area contributed by atoms with E-state index in [0.717, 1.165) is 5.69 Å². The quantitative estimate of drug-likeness (QED) is 0.696. The van der Waals surface area contributed by atoms with Crippen molar-refractivity contribution >= 4 is 5.78 Å². The Morgan fingerprint density at radius 2 is 2.38 bits per heavy atom. The Labute approximate surface area is 77.7 Å². The van der Waals surface area contributed by atoms with Gasteiger partial charge in [-0.3, -0.25) is 9.48 Å². The summed E-state index contributed by atoms with van der Waals surface area (Å²) < 4.78 is 1.64. The van der Waals surface area contributed by atoms with Crippen LogP contribution in [0.1, 0.15) is 29.4 Å². The molecule has 72 valence electrons. The van der Waals surface area contributed by atoms with E-state index in [4.69, 9.17) is 5.73 Å². The highest BCUT2D eigenvalue weighted by Gasteiger charge is 2.13. The van der Waals surface area contributed by atoms with Crippen molar-refractivity contribution in [2.24, 2.45) is 12.8 Å². The van der Waals surface area contributed by atoms with Crippen LogP contribution in [-0.2, 0) is 7.05 Å². The van der Waals surface area contributed by atoms with E-state index >= 15 is 0 Å². The summed E-state index contributed by atoms with van der Waals surface area (Å²) >= 11 is 0. The lowest BCUT2D eigenvalue weighted by atomic mass is 10.1. The minimum absolute atomic E-state index is 0.0700. The van der Waals surface area contributed by atoms with Crippen molar-refractivity contribution in [2.45, 2.75) is 26.3 Å². The number of aromatic nitrogens is 2. The molecule has 4 heteroatoms. The third kappa shape index (κ3) is 2.39. The second-order valence-electron chi connectivity index (χ2n) is 3.41. The molecule has 0 spiro atoms. The van der Waals surface area contributed by atoms with E-state index < -0.39 is 0 Å². The van der Waals surface area contributed by atoms with Crippen LogP contribution >= 0.6 is 0 Å². The number of aryl methyl sites for hydroxylation is 2. The zero-order valence-electron chi connectivity index (χ0n) is 8.24. The highest BCUT2D eigenvalue weighted by Crippen LogP contribution is 2.08. The van der Waals surface area contributed by atoms with Gasteiger partial charge in [-0.05, 0) is 13.8 Å². The van der Waals surface area contributed by atoms with E-state index in [0.29, 0.717) is 12.0 Å². The van der Waals surface area contributed by atoms with Crippen LogP contribution in [0.25, 0.3) is 0 Å². The predicted octanol–water partition coefficient (Wildman–Crippen LogP) is 0.649. The topological polar surface area (TPSA) is 60.9 Å². The van der Waals surface area contributed by atoms with Gasteiger partial charge in [-0.2, -0.15) is 5.10 Å². The molecule has 1 atom stereocenters. The fraction of sp³-hybridized carbons (Fsp3) is 0.556. The van der Waals surface area contributed by atoms with Crippen molar-refractivity contribution in [3.8, 4) is 0 Å². The predicted molar refractivity (Wildman–Crippen MR) is 50.5 cm³/mol. The third-order valence-electron chi connectivity index (χ3n) is 1.82. The summed E-state index contributed by atoms with van der Waals surface area (Å²) in [6, 6.07) is -0.0906. The van der Waals surface area contributed by atoms with Crippen molar-refractivity contribution in [2.75, 3.05) is 0 Å². The number of rotatable bonds is 3. The number of carbonyl (C=O) groups excluding carboxylic acids is 1. The van der Waals surface area contributed by atoms with Gasteiger partial charge in [-0.25, -0.2) is 0 Å². The van der Waals surface area contributed by atoms with Crippen LogP contribution in [-0.4, -0.2) is 21.6 Å². The minimum Gasteiger partial charge on any atom is -0.328 e. The van der Waals surface area contributed by atoms with Crippen LogP contribution in [0.3, 0.4) is 0 Å². The Morgan fingerprint density at radius 1 is 1.77 bits per heavy atom. The fourth-order valence-electron chi connectivity index (χ4n) is 1.28. The van der Waals surface area contributed by atoms with Gasteiger partial charge in [0.25, 0.3) is 0 Å². The number of ketones is 1. The molecular formula is C9H15N3O. The maximum Gasteiger partial charge on any atom is 0.167 e. The monoisotopic (exact) mass is 181 g/mol. The lowest BCUT2D eigenvalue weighted by molar-refractivity contribution is 0.0976. The Balaban J connectivity index is 2.82. The summed E-state index contributed by atoms with van der Waals surface area (Å²) in [5.41, 5.74) is 6.99. The van der Waals surface area contributed by atoms with Crippen LogP contribution in [0.4, 0.5) is 0 Å². The molecule has 4 nitrogen and oxygen atoms in total. The fourth-order valence-corrected chi connectivity index (χ4v) is 1.28. The van der Waals surface area contributed by atoms with E-state index in [1.807, 2.05) is 13.8 Å². The zero-order valence-corrected chi connectivity index (χ0v) is 8.24. The molecule has 1 aromatic heterocycles. The maximum absolute atomic E-state index is 11.6. The van der Waals surface area contributed by atoms with E-state index in [9.17, 15) is 4.79 Å². The lowest BCUT2D eigenvalue weighted by Gasteiger charge is -2.01. The van der Waals surface area contributed by atoms with Crippen molar-refractivity contribution in [3.05, 3.63) is 17.5 Å². The molecule has 1 rings (SSSR count). The van der Waals surface area contributed by atoms with Crippen molar-refractivity contribution < 1.29 is 4.79 Å². The van der Waals surface area contributed by atoms with Crippen LogP contribution in [0.15, 0.2) is 6.20 Å². The molecule has 0 saturated heterocycles. The standard InChI is InChI=1S/C9H15N3O/c1-6(10)4-9(13)8-5-12(3)11-7(8)2/h5-6H,4,10H2,1-3H3. The largest absolute Gasteiger partial charge is 0.328 e. The van der Waals surface area contributed by atoms with Gasteiger partial charge in [0.15, 0.2) is 5.78 Å². The highest BCUT2D eigenvalue weighted by atomic mass is 16.1. The number of carbonyl (C=O) groups is 1. The smallest absolute Gasteiger partial charge is 0.167 e. The van der Waals surface area contributed by atoms with E-state index in [1.165, 1.54) is 0 Å². The summed E-state index contributed by atoms with van der Waals surface area (Å²) in [5, 5.41) is 4.09. The number of nitrogens with two attached hydrogens (primary N) is 1. The van der Waals surface area contributed by atoms with E-state index in [2.05, 4.69) is 5.10 Å². The Hall–Kier alpha value is -1.16. The average Bonchev–Trinajstić information content (AvgIpc) is 2.28. The van der Waals surface area contributed by atoms with Crippen LogP contribution in [0.2, 0.25) is 0 Å². The van der Waals surface area contributed by atoms with Gasteiger partial charge < -0.3 is 5.73 Å². The SMILES string of the molecule is Cc1nn(C)cc1C(=O)CC(C)N. The molecule has 0 aromatic carbocycles. The first-order valence-electron chi connectivity index (χ1n) is 4.29. The third-order valence-corrected chi connectivity index (χ3v) is 1.82. The molecule has 0 saturated carbocycles. The number of hydrogen-bond donors (Lipinski definition) is 1. The van der Waals surface area contributed by atoms with Gasteiger partial charge in [0.1, 0.15) is 0 Å². The number of nitrogens with zero attached hydrogens (tertiary/aromatic N) is 2. The van der Waals surface area contributed by atoms with Gasteiger partial charge in [0, 0.05) is 25.7 Å². The lowest BCUT2D eigenvalue weighted by Crippen LogP contribution is -2.19. The summed E-state index contributed by atoms with van der Waals surface area (Å²) in [6.45, 7) is 3.65. The van der Waals surface area contributed by atoms with Gasteiger partial charge in [-0.1, -0.05) is 0 Å². The summed E-state index contributed by atoms with van der Waals surface area (Å²) in [5.74, 6) is 0.0700. The molecule has 13 heavy (non-hydrogen) atoms. The van der Waals surface area contributed by atoms with Gasteiger partial charge in [0.05, 0.1) is 11.3 Å². The van der Waals surface area contributed by atoms with Crippen molar-refractivity contribution in [1.29, 1.82) is 0 Å². The normalized spacial score (nSPS) is 12.9. The number of hydrogen-bond acceptors (Lipinski definition) is 3. The first-order chi connectivity index (χ1) is 6.00. The first-order valence-corrected chi connectivity index (χ1v) is 4.29. The van der Waals surface area contributed by atoms with Crippen LogP contribution in [0, 0.1) is 6.92 Å². The molecule has 0 radical (unpaired) electrons. The molecule has 0 aliphatic rings. The first kappa shape index (κ1) is 9.92. The summed E-state index contributed by atoms with van der Waals surface area (Å²) in [4.78, 5) is 11.6. The molecule has 1 unspecified atom stereocenters. The average molecular weight is 181 g/mol. The van der Waals surface area contributed by atoms with E-state index in [-0.39, 0.29) is 11.8 Å². The summed E-state index contributed by atoms with van der Waals surface area (Å²) in [6.07, 6.45) is 2.12. The number of Topliss-reactive ketones (excluding diaryl/α,β-unsaturated/α-hetero) is 1. The van der Waals surface area contributed by atoms with Crippen LogP contribution in [0.5, 0.6) is 0 Å². The zero-order chi connectivity index (χ0) is 10.0. The summed E-state index contributed by atoms with van der Waals surface area (Å²) in [7, 11) is 1.80. The molecule has 0 aliphatic carbocycles. The van der Waals surface area contributed by atoms with Gasteiger partial charge >= 0.3 is 0 Å².